The lowest BCUT2D eigenvalue weighted by Gasteiger charge is -2.11. The number of Topliss-reactive ketones (excluding diaryl/α,β-unsaturated/α-hetero) is 1. The number of halogens is 2. The SMILES string of the molecule is C=CCC(F)(F)C(=O)c1ccccn1. The molecule has 1 aromatic rings. The van der Waals surface area contributed by atoms with Gasteiger partial charge in [0.15, 0.2) is 0 Å². The van der Waals surface area contributed by atoms with Crippen LogP contribution in [-0.4, -0.2) is 16.7 Å². The van der Waals surface area contributed by atoms with Crippen molar-refractivity contribution in [1.29, 1.82) is 0 Å². The van der Waals surface area contributed by atoms with E-state index in [4.69, 9.17) is 0 Å². The Bertz CT molecular complexity index is 335. The summed E-state index contributed by atoms with van der Waals surface area (Å²) in [7, 11) is 0. The Morgan fingerprint density at radius 1 is 1.57 bits per heavy atom. The van der Waals surface area contributed by atoms with Crippen LogP contribution in [0, 0.1) is 0 Å². The Morgan fingerprint density at radius 2 is 2.29 bits per heavy atom. The van der Waals surface area contributed by atoms with Crippen LogP contribution in [0.1, 0.15) is 16.9 Å². The molecule has 14 heavy (non-hydrogen) atoms. The molecule has 1 heterocycles. The van der Waals surface area contributed by atoms with Gasteiger partial charge in [-0.15, -0.1) is 6.58 Å². The molecular weight excluding hydrogens is 188 g/mol. The number of pyridine rings is 1. The number of hydrogen-bond acceptors (Lipinski definition) is 2. The van der Waals surface area contributed by atoms with Gasteiger partial charge in [-0.05, 0) is 12.1 Å². The average Bonchev–Trinajstić information content (AvgIpc) is 2.18. The van der Waals surface area contributed by atoms with Crippen LogP contribution in [-0.2, 0) is 0 Å². The van der Waals surface area contributed by atoms with E-state index >= 15 is 0 Å². The van der Waals surface area contributed by atoms with E-state index in [2.05, 4.69) is 11.6 Å². The molecule has 2 nitrogen and oxygen atoms in total. The highest BCUT2D eigenvalue weighted by Crippen LogP contribution is 2.23. The highest BCUT2D eigenvalue weighted by Gasteiger charge is 2.38. The quantitative estimate of drug-likeness (QED) is 0.548. The predicted molar refractivity (Wildman–Crippen MR) is 48.3 cm³/mol. The van der Waals surface area contributed by atoms with Gasteiger partial charge in [0.25, 0.3) is 0 Å². The zero-order valence-electron chi connectivity index (χ0n) is 7.41. The molecule has 0 spiro atoms. The number of aromatic nitrogens is 1. The fraction of sp³-hybridized carbons (Fsp3) is 0.200. The minimum atomic E-state index is -3.41. The van der Waals surface area contributed by atoms with Crippen LogP contribution in [0.25, 0.3) is 0 Å². The number of allylic oxidation sites excluding steroid dienone is 1. The Hall–Kier alpha value is -1.58. The monoisotopic (exact) mass is 197 g/mol. The standard InChI is InChI=1S/C10H9F2NO/c1-2-6-10(11,12)9(14)8-5-3-4-7-13-8/h2-5,7H,1,6H2. The summed E-state index contributed by atoms with van der Waals surface area (Å²) < 4.78 is 26.1. The number of rotatable bonds is 4. The Labute approximate surface area is 80.3 Å². The molecule has 0 radical (unpaired) electrons. The van der Waals surface area contributed by atoms with Crippen molar-refractivity contribution in [2.45, 2.75) is 12.3 Å². The first-order valence-corrected chi connectivity index (χ1v) is 4.02. The minimum Gasteiger partial charge on any atom is -0.286 e. The fourth-order valence-corrected chi connectivity index (χ4v) is 0.958. The van der Waals surface area contributed by atoms with E-state index in [1.54, 1.807) is 6.07 Å². The smallest absolute Gasteiger partial charge is 0.286 e. The zero-order chi connectivity index (χ0) is 10.6. The second-order valence-corrected chi connectivity index (χ2v) is 2.74. The Kier molecular flexibility index (Phi) is 3.06. The van der Waals surface area contributed by atoms with Crippen molar-refractivity contribution < 1.29 is 13.6 Å². The third-order valence-corrected chi connectivity index (χ3v) is 1.63. The van der Waals surface area contributed by atoms with Gasteiger partial charge in [0, 0.05) is 12.6 Å². The summed E-state index contributed by atoms with van der Waals surface area (Å²) in [6.45, 7) is 3.17. The molecular formula is C10H9F2NO. The summed E-state index contributed by atoms with van der Waals surface area (Å²) in [5.41, 5.74) is -0.223. The van der Waals surface area contributed by atoms with Crippen LogP contribution >= 0.6 is 0 Å². The van der Waals surface area contributed by atoms with Gasteiger partial charge in [0.2, 0.25) is 5.78 Å². The molecule has 1 rings (SSSR count). The maximum Gasteiger partial charge on any atom is 0.314 e. The molecule has 0 bridgehead atoms. The van der Waals surface area contributed by atoms with Gasteiger partial charge in [-0.2, -0.15) is 8.78 Å². The molecule has 0 unspecified atom stereocenters. The molecule has 0 aliphatic carbocycles. The largest absolute Gasteiger partial charge is 0.314 e. The summed E-state index contributed by atoms with van der Waals surface area (Å²) in [5.74, 6) is -4.67. The molecule has 0 saturated carbocycles. The third kappa shape index (κ3) is 2.22. The molecule has 0 aliphatic heterocycles. The Balaban J connectivity index is 2.90. The van der Waals surface area contributed by atoms with Crippen LogP contribution in [0.4, 0.5) is 8.78 Å². The van der Waals surface area contributed by atoms with E-state index in [-0.39, 0.29) is 5.69 Å². The molecule has 0 amide bonds. The molecule has 0 aromatic carbocycles. The van der Waals surface area contributed by atoms with Crippen molar-refractivity contribution in [2.75, 3.05) is 0 Å². The summed E-state index contributed by atoms with van der Waals surface area (Å²) in [5, 5.41) is 0. The van der Waals surface area contributed by atoms with E-state index in [0.29, 0.717) is 0 Å². The minimum absolute atomic E-state index is 0.223. The van der Waals surface area contributed by atoms with Gasteiger partial charge >= 0.3 is 5.92 Å². The lowest BCUT2D eigenvalue weighted by Crippen LogP contribution is -2.28. The predicted octanol–water partition coefficient (Wildman–Crippen LogP) is 2.48. The maximum atomic E-state index is 13.0. The lowest BCUT2D eigenvalue weighted by atomic mass is 10.1. The van der Waals surface area contributed by atoms with Crippen LogP contribution in [0.3, 0.4) is 0 Å². The molecule has 0 saturated heterocycles. The van der Waals surface area contributed by atoms with Crippen molar-refractivity contribution >= 4 is 5.78 Å². The third-order valence-electron chi connectivity index (χ3n) is 1.63. The normalized spacial score (nSPS) is 11.0. The zero-order valence-corrected chi connectivity index (χ0v) is 7.41. The van der Waals surface area contributed by atoms with Gasteiger partial charge in [-0.1, -0.05) is 12.1 Å². The molecule has 4 heteroatoms. The molecule has 0 atom stereocenters. The van der Waals surface area contributed by atoms with Gasteiger partial charge in [0.05, 0.1) is 0 Å². The van der Waals surface area contributed by atoms with Gasteiger partial charge in [-0.25, -0.2) is 0 Å². The second-order valence-electron chi connectivity index (χ2n) is 2.74. The summed E-state index contributed by atoms with van der Waals surface area (Å²) in [6.07, 6.45) is 1.65. The molecule has 74 valence electrons. The highest BCUT2D eigenvalue weighted by molar-refractivity contribution is 5.99. The number of hydrogen-bond donors (Lipinski definition) is 0. The first kappa shape index (κ1) is 10.5. The van der Waals surface area contributed by atoms with Crippen LogP contribution in [0.5, 0.6) is 0 Å². The van der Waals surface area contributed by atoms with E-state index in [1.165, 1.54) is 18.3 Å². The fourth-order valence-electron chi connectivity index (χ4n) is 0.958. The number of carbonyl (C=O) groups is 1. The lowest BCUT2D eigenvalue weighted by molar-refractivity contribution is 0.0118. The summed E-state index contributed by atoms with van der Waals surface area (Å²) in [6, 6.07) is 4.31. The highest BCUT2D eigenvalue weighted by atomic mass is 19.3. The summed E-state index contributed by atoms with van der Waals surface area (Å²) >= 11 is 0. The average molecular weight is 197 g/mol. The van der Waals surface area contributed by atoms with E-state index in [9.17, 15) is 13.6 Å². The van der Waals surface area contributed by atoms with Gasteiger partial charge in [0.1, 0.15) is 5.69 Å². The van der Waals surface area contributed by atoms with Crippen LogP contribution in [0.2, 0.25) is 0 Å². The van der Waals surface area contributed by atoms with Crippen molar-refractivity contribution in [3.8, 4) is 0 Å². The van der Waals surface area contributed by atoms with E-state index in [1.807, 2.05) is 0 Å². The van der Waals surface area contributed by atoms with Crippen molar-refractivity contribution in [2.24, 2.45) is 0 Å². The molecule has 0 N–H and O–H groups in total. The molecule has 1 aromatic heterocycles. The van der Waals surface area contributed by atoms with Crippen LogP contribution in [0.15, 0.2) is 37.1 Å². The first-order chi connectivity index (χ1) is 6.58. The number of nitrogens with zero attached hydrogens (tertiary/aromatic N) is 1. The van der Waals surface area contributed by atoms with E-state index < -0.39 is 18.1 Å². The molecule has 0 fully saturated rings. The number of alkyl halides is 2. The van der Waals surface area contributed by atoms with Crippen molar-refractivity contribution in [3.63, 3.8) is 0 Å². The Morgan fingerprint density at radius 3 is 2.79 bits per heavy atom. The van der Waals surface area contributed by atoms with Gasteiger partial charge < -0.3 is 0 Å². The van der Waals surface area contributed by atoms with Crippen LogP contribution < -0.4 is 0 Å². The first-order valence-electron chi connectivity index (χ1n) is 4.02. The maximum absolute atomic E-state index is 13.0. The van der Waals surface area contributed by atoms with Crippen molar-refractivity contribution in [3.05, 3.63) is 42.7 Å². The number of carbonyl (C=O) groups excluding carboxylic acids is 1. The summed E-state index contributed by atoms with van der Waals surface area (Å²) in [4.78, 5) is 14.8. The van der Waals surface area contributed by atoms with E-state index in [0.717, 1.165) is 6.08 Å². The molecule has 0 aliphatic rings. The van der Waals surface area contributed by atoms with Crippen molar-refractivity contribution in [1.82, 2.24) is 4.98 Å². The van der Waals surface area contributed by atoms with Gasteiger partial charge in [-0.3, -0.25) is 9.78 Å². The topological polar surface area (TPSA) is 30.0 Å². The number of ketones is 1. The second kappa shape index (κ2) is 4.09.